The van der Waals surface area contributed by atoms with Gasteiger partial charge in [-0.2, -0.15) is 5.10 Å². The Bertz CT molecular complexity index is 1170. The summed E-state index contributed by atoms with van der Waals surface area (Å²) in [5.74, 6) is 0.958. The van der Waals surface area contributed by atoms with Crippen molar-refractivity contribution in [2.45, 2.75) is 6.42 Å². The Morgan fingerprint density at radius 1 is 1.24 bits per heavy atom. The zero-order valence-electron chi connectivity index (χ0n) is 16.0. The van der Waals surface area contributed by atoms with Crippen molar-refractivity contribution in [1.82, 2.24) is 40.3 Å². The fourth-order valence-electron chi connectivity index (χ4n) is 2.96. The average molecular weight is 458 g/mol. The molecule has 0 aromatic carbocycles. The Morgan fingerprint density at radius 3 is 2.93 bits per heavy atom. The Hall–Kier alpha value is -3.05. The third kappa shape index (κ3) is 4.05. The van der Waals surface area contributed by atoms with E-state index in [-0.39, 0.29) is 5.91 Å². The van der Waals surface area contributed by atoms with Crippen molar-refractivity contribution in [1.29, 1.82) is 0 Å². The lowest BCUT2D eigenvalue weighted by Gasteiger charge is -2.09. The first-order valence-corrected chi connectivity index (χ1v) is 9.83. The number of hydrogen-bond acceptors (Lipinski definition) is 7. The number of nitrogens with one attached hydrogen (secondary N) is 4. The summed E-state index contributed by atoms with van der Waals surface area (Å²) in [5.41, 5.74) is 1.81. The summed E-state index contributed by atoms with van der Waals surface area (Å²) < 4.78 is 0.602. The van der Waals surface area contributed by atoms with Gasteiger partial charge in [-0.3, -0.25) is 9.89 Å². The van der Waals surface area contributed by atoms with Crippen LogP contribution in [0.2, 0.25) is 0 Å². The van der Waals surface area contributed by atoms with Gasteiger partial charge in [0.2, 0.25) is 0 Å². The van der Waals surface area contributed by atoms with Crippen molar-refractivity contribution < 1.29 is 4.79 Å². The van der Waals surface area contributed by atoms with E-state index in [1.54, 1.807) is 12.4 Å². The first kappa shape index (κ1) is 19.3. The molecule has 0 unspecified atom stereocenters. The van der Waals surface area contributed by atoms with E-state index in [1.807, 2.05) is 20.2 Å². The normalized spacial score (nSPS) is 11.4. The summed E-state index contributed by atoms with van der Waals surface area (Å²) in [6.45, 7) is 1.49. The fourth-order valence-corrected chi connectivity index (χ4v) is 3.61. The summed E-state index contributed by atoms with van der Waals surface area (Å²) in [5, 5.41) is 14.6. The van der Waals surface area contributed by atoms with E-state index in [4.69, 9.17) is 0 Å². The Labute approximate surface area is 174 Å². The Morgan fingerprint density at radius 2 is 2.10 bits per heavy atom. The highest BCUT2D eigenvalue weighted by molar-refractivity contribution is 9.10. The van der Waals surface area contributed by atoms with E-state index in [1.165, 1.54) is 6.33 Å². The molecule has 150 valence electrons. The van der Waals surface area contributed by atoms with E-state index in [9.17, 15) is 4.79 Å². The molecule has 29 heavy (non-hydrogen) atoms. The van der Waals surface area contributed by atoms with Crippen LogP contribution in [0.15, 0.2) is 29.3 Å². The SMILES string of the molecule is CN(C)CCCNC(=O)c1[nH]c2ncnc(Nc3cc4cn[nH]c4cn3)c2c1Br. The van der Waals surface area contributed by atoms with Gasteiger partial charge < -0.3 is 20.5 Å². The molecule has 0 bridgehead atoms. The van der Waals surface area contributed by atoms with Crippen LogP contribution in [0.1, 0.15) is 16.9 Å². The molecule has 0 radical (unpaired) electrons. The van der Waals surface area contributed by atoms with Crippen LogP contribution < -0.4 is 10.6 Å². The van der Waals surface area contributed by atoms with Gasteiger partial charge in [-0.1, -0.05) is 0 Å². The fraction of sp³-hybridized carbons (Fsp3) is 0.278. The average Bonchev–Trinajstić information content (AvgIpc) is 3.29. The van der Waals surface area contributed by atoms with Crippen molar-refractivity contribution in [2.24, 2.45) is 0 Å². The van der Waals surface area contributed by atoms with Gasteiger partial charge in [0.25, 0.3) is 5.91 Å². The molecule has 0 spiro atoms. The Balaban J connectivity index is 1.58. The van der Waals surface area contributed by atoms with Gasteiger partial charge in [-0.15, -0.1) is 0 Å². The highest BCUT2D eigenvalue weighted by Crippen LogP contribution is 2.32. The van der Waals surface area contributed by atoms with Crippen LogP contribution in [0, 0.1) is 0 Å². The van der Waals surface area contributed by atoms with E-state index in [0.29, 0.717) is 39.4 Å². The molecule has 10 nitrogen and oxygen atoms in total. The molecule has 4 rings (SSSR count). The summed E-state index contributed by atoms with van der Waals surface area (Å²) in [7, 11) is 4.00. The number of carbonyl (C=O) groups excluding carboxylic acids is 1. The number of fused-ring (bicyclic) bond motifs is 2. The minimum absolute atomic E-state index is 0.197. The zero-order chi connectivity index (χ0) is 20.4. The Kier molecular flexibility index (Phi) is 5.41. The monoisotopic (exact) mass is 457 g/mol. The van der Waals surface area contributed by atoms with E-state index in [0.717, 1.165) is 23.9 Å². The maximum atomic E-state index is 12.6. The van der Waals surface area contributed by atoms with Crippen LogP contribution in [-0.4, -0.2) is 68.1 Å². The largest absolute Gasteiger partial charge is 0.351 e. The maximum Gasteiger partial charge on any atom is 0.268 e. The highest BCUT2D eigenvalue weighted by Gasteiger charge is 2.20. The minimum Gasteiger partial charge on any atom is -0.351 e. The second kappa shape index (κ2) is 8.13. The van der Waals surface area contributed by atoms with Crippen molar-refractivity contribution >= 4 is 55.4 Å². The topological polar surface area (TPSA) is 128 Å². The number of amides is 1. The number of H-pyrrole nitrogens is 2. The molecule has 0 saturated heterocycles. The second-order valence-electron chi connectivity index (χ2n) is 6.82. The van der Waals surface area contributed by atoms with E-state index < -0.39 is 0 Å². The number of rotatable bonds is 7. The van der Waals surface area contributed by atoms with Gasteiger partial charge in [0, 0.05) is 11.9 Å². The standard InChI is InChI=1S/C18H20BrN9O/c1-28(2)5-3-4-20-18(29)15-14(19)13-16(22-9-23-17(13)26-15)25-12-6-10-7-24-27-11(10)8-21-12/h6-9H,3-5H2,1-2H3,(H,20,29)(H,24,27)(H2,21,22,23,25,26). The van der Waals surface area contributed by atoms with Crippen LogP contribution >= 0.6 is 15.9 Å². The molecule has 4 N–H and O–H groups in total. The molecular weight excluding hydrogens is 438 g/mol. The zero-order valence-corrected chi connectivity index (χ0v) is 17.5. The molecule has 0 atom stereocenters. The number of carbonyl (C=O) groups is 1. The summed E-state index contributed by atoms with van der Waals surface area (Å²) in [6, 6.07) is 1.87. The first-order valence-electron chi connectivity index (χ1n) is 9.04. The molecule has 0 aliphatic carbocycles. The number of pyridine rings is 1. The maximum absolute atomic E-state index is 12.6. The third-order valence-electron chi connectivity index (χ3n) is 4.40. The molecular formula is C18H20BrN9O. The van der Waals surface area contributed by atoms with Crippen LogP contribution in [0.5, 0.6) is 0 Å². The number of aromatic nitrogens is 6. The van der Waals surface area contributed by atoms with E-state index in [2.05, 4.69) is 61.6 Å². The molecule has 1 amide bonds. The van der Waals surface area contributed by atoms with Gasteiger partial charge in [-0.25, -0.2) is 15.0 Å². The van der Waals surface area contributed by atoms with E-state index >= 15 is 0 Å². The number of hydrogen-bond donors (Lipinski definition) is 4. The highest BCUT2D eigenvalue weighted by atomic mass is 79.9. The molecule has 4 aromatic rings. The predicted molar refractivity (Wildman–Crippen MR) is 114 cm³/mol. The molecule has 4 aromatic heterocycles. The van der Waals surface area contributed by atoms with Gasteiger partial charge in [0.1, 0.15) is 29.3 Å². The number of nitrogens with zero attached hydrogens (tertiary/aromatic N) is 5. The molecule has 11 heteroatoms. The van der Waals surface area contributed by atoms with Crippen LogP contribution in [0.4, 0.5) is 11.6 Å². The lowest BCUT2D eigenvalue weighted by molar-refractivity contribution is 0.0947. The van der Waals surface area contributed by atoms with Gasteiger partial charge >= 0.3 is 0 Å². The second-order valence-corrected chi connectivity index (χ2v) is 7.62. The number of aromatic amines is 2. The summed E-state index contributed by atoms with van der Waals surface area (Å²) in [6.07, 6.45) is 5.72. The number of halogens is 1. The molecule has 0 saturated carbocycles. The first-order chi connectivity index (χ1) is 14.0. The van der Waals surface area contributed by atoms with Gasteiger partial charge in [0.05, 0.1) is 27.8 Å². The van der Waals surface area contributed by atoms with Crippen molar-refractivity contribution in [3.63, 3.8) is 0 Å². The smallest absolute Gasteiger partial charge is 0.268 e. The van der Waals surface area contributed by atoms with Crippen LogP contribution in [0.3, 0.4) is 0 Å². The van der Waals surface area contributed by atoms with Crippen molar-refractivity contribution in [2.75, 3.05) is 32.5 Å². The van der Waals surface area contributed by atoms with Crippen molar-refractivity contribution in [3.8, 4) is 0 Å². The summed E-state index contributed by atoms with van der Waals surface area (Å²) >= 11 is 3.53. The molecule has 0 aliphatic rings. The lowest BCUT2D eigenvalue weighted by Crippen LogP contribution is -2.27. The molecule has 0 fully saturated rings. The van der Waals surface area contributed by atoms with Crippen molar-refractivity contribution in [3.05, 3.63) is 35.0 Å². The third-order valence-corrected chi connectivity index (χ3v) is 5.19. The quantitative estimate of drug-likeness (QED) is 0.313. The van der Waals surface area contributed by atoms with Crippen LogP contribution in [-0.2, 0) is 0 Å². The molecule has 0 aliphatic heterocycles. The van der Waals surface area contributed by atoms with Gasteiger partial charge in [0.15, 0.2) is 0 Å². The molecule has 4 heterocycles. The minimum atomic E-state index is -0.197. The number of anilines is 2. The summed E-state index contributed by atoms with van der Waals surface area (Å²) in [4.78, 5) is 30.7. The van der Waals surface area contributed by atoms with Crippen LogP contribution in [0.25, 0.3) is 21.9 Å². The van der Waals surface area contributed by atoms with Gasteiger partial charge in [-0.05, 0) is 49.1 Å². The lowest BCUT2D eigenvalue weighted by atomic mass is 10.3. The predicted octanol–water partition coefficient (Wildman–Crippen LogP) is 2.42.